The average Bonchev–Trinajstić information content (AvgIpc) is 2.76. The van der Waals surface area contributed by atoms with Gasteiger partial charge in [-0.1, -0.05) is 13.3 Å². The van der Waals surface area contributed by atoms with Crippen LogP contribution in [0.5, 0.6) is 0 Å². The molecule has 3 atom stereocenters. The molecule has 3 heteroatoms. The lowest BCUT2D eigenvalue weighted by molar-refractivity contribution is 0.202. The first-order valence-electron chi connectivity index (χ1n) is 7.33. The van der Waals surface area contributed by atoms with Crippen molar-refractivity contribution in [3.8, 4) is 6.07 Å². The van der Waals surface area contributed by atoms with E-state index in [1.165, 1.54) is 25.9 Å². The normalized spacial score (nSPS) is 25.9. The molecule has 1 heterocycles. The zero-order chi connectivity index (χ0) is 13.8. The van der Waals surface area contributed by atoms with Crippen LogP contribution in [0.2, 0.25) is 0 Å². The van der Waals surface area contributed by atoms with Crippen molar-refractivity contribution in [2.24, 2.45) is 5.92 Å². The van der Waals surface area contributed by atoms with Crippen LogP contribution in [0, 0.1) is 17.2 Å². The molecule has 0 saturated carbocycles. The third-order valence-electron chi connectivity index (χ3n) is 4.08. The summed E-state index contributed by atoms with van der Waals surface area (Å²) < 4.78 is 0. The van der Waals surface area contributed by atoms with Crippen LogP contribution >= 0.6 is 0 Å². The fourth-order valence-electron chi connectivity index (χ4n) is 3.09. The summed E-state index contributed by atoms with van der Waals surface area (Å²) in [6.07, 6.45) is 3.50. The molecule has 0 radical (unpaired) electrons. The number of rotatable bonds is 6. The van der Waals surface area contributed by atoms with Crippen LogP contribution in [0.4, 0.5) is 0 Å². The largest absolute Gasteiger partial charge is 0.300 e. The van der Waals surface area contributed by atoms with Crippen molar-refractivity contribution >= 4 is 0 Å². The highest BCUT2D eigenvalue weighted by molar-refractivity contribution is 5.06. The predicted molar refractivity (Wildman–Crippen MR) is 76.3 cm³/mol. The maximum absolute atomic E-state index is 9.39. The van der Waals surface area contributed by atoms with Crippen LogP contribution in [-0.4, -0.2) is 35.6 Å². The summed E-state index contributed by atoms with van der Waals surface area (Å²) in [7, 11) is 0. The topological polar surface area (TPSA) is 39.1 Å². The number of nitrogens with zero attached hydrogens (tertiary/aromatic N) is 2. The lowest BCUT2D eigenvalue weighted by Crippen LogP contribution is -2.49. The smallest absolute Gasteiger partial charge is 0.105 e. The van der Waals surface area contributed by atoms with E-state index in [9.17, 15) is 5.26 Å². The molecule has 1 fully saturated rings. The molecular weight excluding hydrogens is 222 g/mol. The predicted octanol–water partition coefficient (Wildman–Crippen LogP) is 2.78. The minimum Gasteiger partial charge on any atom is -0.300 e. The monoisotopic (exact) mass is 251 g/mol. The summed E-state index contributed by atoms with van der Waals surface area (Å²) in [4.78, 5) is 2.55. The molecule has 3 nitrogen and oxygen atoms in total. The molecule has 0 aromatic rings. The van der Waals surface area contributed by atoms with Gasteiger partial charge < -0.3 is 4.90 Å². The van der Waals surface area contributed by atoms with Gasteiger partial charge in [0, 0.05) is 18.6 Å². The molecule has 3 unspecified atom stereocenters. The molecule has 104 valence electrons. The molecule has 0 aliphatic carbocycles. The minimum absolute atomic E-state index is 0.351. The van der Waals surface area contributed by atoms with Crippen molar-refractivity contribution in [3.05, 3.63) is 0 Å². The van der Waals surface area contributed by atoms with Gasteiger partial charge in [-0.05, 0) is 53.0 Å². The molecule has 1 aliphatic rings. The Labute approximate surface area is 113 Å². The van der Waals surface area contributed by atoms with E-state index >= 15 is 0 Å². The zero-order valence-electron chi connectivity index (χ0n) is 12.7. The molecule has 0 aromatic heterocycles. The van der Waals surface area contributed by atoms with E-state index in [0.29, 0.717) is 12.1 Å². The number of hydrogen-bond donors (Lipinski definition) is 1. The van der Waals surface area contributed by atoms with E-state index in [-0.39, 0.29) is 0 Å². The maximum atomic E-state index is 9.39. The van der Waals surface area contributed by atoms with Crippen LogP contribution in [-0.2, 0) is 0 Å². The van der Waals surface area contributed by atoms with E-state index in [1.54, 1.807) is 0 Å². The number of nitriles is 1. The van der Waals surface area contributed by atoms with Gasteiger partial charge in [-0.3, -0.25) is 5.32 Å². The van der Waals surface area contributed by atoms with Gasteiger partial charge in [0.15, 0.2) is 0 Å². The Morgan fingerprint density at radius 2 is 2.11 bits per heavy atom. The van der Waals surface area contributed by atoms with Gasteiger partial charge in [-0.15, -0.1) is 0 Å². The van der Waals surface area contributed by atoms with Gasteiger partial charge in [0.2, 0.25) is 0 Å². The second kappa shape index (κ2) is 6.54. The molecule has 1 rings (SSSR count). The van der Waals surface area contributed by atoms with Crippen LogP contribution in [0.25, 0.3) is 0 Å². The summed E-state index contributed by atoms with van der Waals surface area (Å²) in [6.45, 7) is 13.2. The second-order valence-corrected chi connectivity index (χ2v) is 6.35. The first-order valence-corrected chi connectivity index (χ1v) is 7.33. The summed E-state index contributed by atoms with van der Waals surface area (Å²) in [5.41, 5.74) is -0.405. The Kier molecular flexibility index (Phi) is 5.62. The highest BCUT2D eigenvalue weighted by Crippen LogP contribution is 2.24. The van der Waals surface area contributed by atoms with Gasteiger partial charge in [-0.2, -0.15) is 5.26 Å². The van der Waals surface area contributed by atoms with Gasteiger partial charge in [0.05, 0.1) is 6.07 Å². The van der Waals surface area contributed by atoms with Crippen LogP contribution in [0.3, 0.4) is 0 Å². The van der Waals surface area contributed by atoms with Crippen molar-refractivity contribution in [3.63, 3.8) is 0 Å². The molecule has 1 aliphatic heterocycles. The van der Waals surface area contributed by atoms with E-state index < -0.39 is 5.54 Å². The molecule has 1 N–H and O–H groups in total. The van der Waals surface area contributed by atoms with Crippen molar-refractivity contribution < 1.29 is 0 Å². The molecule has 1 saturated heterocycles. The van der Waals surface area contributed by atoms with Crippen molar-refractivity contribution in [1.29, 1.82) is 5.26 Å². The summed E-state index contributed by atoms with van der Waals surface area (Å²) in [5.74, 6) is 0.860. The molecule has 18 heavy (non-hydrogen) atoms. The van der Waals surface area contributed by atoms with E-state index in [4.69, 9.17) is 0 Å². The maximum Gasteiger partial charge on any atom is 0.105 e. The van der Waals surface area contributed by atoms with E-state index in [0.717, 1.165) is 12.3 Å². The highest BCUT2D eigenvalue weighted by Gasteiger charge is 2.32. The molecular formula is C15H29N3. The fraction of sp³-hybridized carbons (Fsp3) is 0.933. The van der Waals surface area contributed by atoms with E-state index in [1.807, 2.05) is 6.92 Å². The molecule has 0 spiro atoms. The summed E-state index contributed by atoms with van der Waals surface area (Å²) in [5, 5.41) is 12.8. The Morgan fingerprint density at radius 3 is 2.56 bits per heavy atom. The van der Waals surface area contributed by atoms with Gasteiger partial charge in [0.1, 0.15) is 5.54 Å². The van der Waals surface area contributed by atoms with Gasteiger partial charge in [0.25, 0.3) is 0 Å². The Morgan fingerprint density at radius 1 is 1.44 bits per heavy atom. The molecule has 0 aromatic carbocycles. The summed E-state index contributed by atoms with van der Waals surface area (Å²) in [6, 6.07) is 3.29. The lowest BCUT2D eigenvalue weighted by atomic mass is 9.93. The van der Waals surface area contributed by atoms with Crippen LogP contribution in [0.15, 0.2) is 0 Å². The number of nitrogens with one attached hydrogen (secondary N) is 1. The number of hydrogen-bond acceptors (Lipinski definition) is 3. The van der Waals surface area contributed by atoms with Gasteiger partial charge >= 0.3 is 0 Å². The quantitative estimate of drug-likeness (QED) is 0.789. The van der Waals surface area contributed by atoms with Gasteiger partial charge in [-0.25, -0.2) is 0 Å². The van der Waals surface area contributed by atoms with Crippen molar-refractivity contribution in [2.75, 3.05) is 13.1 Å². The summed E-state index contributed by atoms with van der Waals surface area (Å²) >= 11 is 0. The van der Waals surface area contributed by atoms with Crippen LogP contribution < -0.4 is 5.32 Å². The first kappa shape index (κ1) is 15.5. The fourth-order valence-corrected chi connectivity index (χ4v) is 3.09. The highest BCUT2D eigenvalue weighted by atomic mass is 15.2. The first-order chi connectivity index (χ1) is 8.40. The van der Waals surface area contributed by atoms with Crippen molar-refractivity contribution in [1.82, 2.24) is 10.2 Å². The molecule has 0 amide bonds. The average molecular weight is 251 g/mol. The SMILES string of the molecule is CCC1CCN(C(C)CC(C)(C#N)NC(C)C)C1. The van der Waals surface area contributed by atoms with E-state index in [2.05, 4.69) is 44.0 Å². The minimum atomic E-state index is -0.405. The third-order valence-corrected chi connectivity index (χ3v) is 4.08. The Balaban J connectivity index is 2.52. The third kappa shape index (κ3) is 4.26. The lowest BCUT2D eigenvalue weighted by Gasteiger charge is -2.33. The standard InChI is InChI=1S/C15H29N3/c1-6-14-7-8-18(10-14)13(4)9-15(5,11-16)17-12(2)3/h12-14,17H,6-10H2,1-5H3. The Bertz CT molecular complexity index is 295. The number of likely N-dealkylation sites (tertiary alicyclic amines) is 1. The van der Waals surface area contributed by atoms with Crippen molar-refractivity contribution in [2.45, 2.75) is 71.5 Å². The molecule has 0 bridgehead atoms. The van der Waals surface area contributed by atoms with Crippen LogP contribution in [0.1, 0.15) is 53.9 Å². The zero-order valence-corrected chi connectivity index (χ0v) is 12.7. The Hall–Kier alpha value is -0.590. The second-order valence-electron chi connectivity index (χ2n) is 6.35.